The summed E-state index contributed by atoms with van der Waals surface area (Å²) in [6.45, 7) is 1.79. The lowest BCUT2D eigenvalue weighted by atomic mass is 10.3. The second-order valence-electron chi connectivity index (χ2n) is 2.53. The first-order chi connectivity index (χ1) is 6.18. The van der Waals surface area contributed by atoms with Gasteiger partial charge in [0.25, 0.3) is 0 Å². The van der Waals surface area contributed by atoms with Crippen LogP contribution in [0.15, 0.2) is 6.33 Å². The van der Waals surface area contributed by atoms with Crippen molar-refractivity contribution in [1.82, 2.24) is 19.9 Å². The third-order valence-corrected chi connectivity index (χ3v) is 1.83. The number of aromatic nitrogens is 4. The molecule has 6 heteroatoms. The Morgan fingerprint density at radius 1 is 1.23 bits per heavy atom. The van der Waals surface area contributed by atoms with Crippen LogP contribution in [0.3, 0.4) is 0 Å². The fourth-order valence-corrected chi connectivity index (χ4v) is 1.29. The van der Waals surface area contributed by atoms with Crippen molar-refractivity contribution in [2.24, 2.45) is 0 Å². The summed E-state index contributed by atoms with van der Waals surface area (Å²) in [7, 11) is 0. The van der Waals surface area contributed by atoms with Crippen molar-refractivity contribution < 1.29 is 0 Å². The number of fused-ring (bicyclic) bond motifs is 1. The first kappa shape index (κ1) is 8.12. The minimum absolute atomic E-state index is 0.159. The van der Waals surface area contributed by atoms with Crippen molar-refractivity contribution in [1.29, 1.82) is 0 Å². The van der Waals surface area contributed by atoms with Crippen molar-refractivity contribution in [3.63, 3.8) is 0 Å². The second kappa shape index (κ2) is 2.77. The highest BCUT2D eigenvalue weighted by atomic mass is 35.5. The van der Waals surface area contributed by atoms with E-state index in [2.05, 4.69) is 19.9 Å². The smallest absolute Gasteiger partial charge is 0.223 e. The molecule has 0 aliphatic rings. The summed E-state index contributed by atoms with van der Waals surface area (Å²) in [6.07, 6.45) is 1.38. The van der Waals surface area contributed by atoms with E-state index in [1.54, 1.807) is 6.92 Å². The first-order valence-corrected chi connectivity index (χ1v) is 3.96. The first-order valence-electron chi connectivity index (χ1n) is 3.59. The second-order valence-corrected chi connectivity index (χ2v) is 2.87. The molecule has 0 unspecified atom stereocenters. The van der Waals surface area contributed by atoms with Gasteiger partial charge in [0.2, 0.25) is 5.28 Å². The Labute approximate surface area is 79.0 Å². The highest BCUT2D eigenvalue weighted by Crippen LogP contribution is 2.17. The molecular formula is C7H6ClN5. The molecule has 5 nitrogen and oxygen atoms in total. The molecule has 0 bridgehead atoms. The van der Waals surface area contributed by atoms with Crippen LogP contribution in [0.2, 0.25) is 5.28 Å². The van der Waals surface area contributed by atoms with Gasteiger partial charge in [0.15, 0.2) is 5.82 Å². The maximum Gasteiger partial charge on any atom is 0.223 e. The van der Waals surface area contributed by atoms with Crippen molar-refractivity contribution in [3.8, 4) is 0 Å². The van der Waals surface area contributed by atoms with Crippen LogP contribution < -0.4 is 5.73 Å². The van der Waals surface area contributed by atoms with Gasteiger partial charge < -0.3 is 5.73 Å². The van der Waals surface area contributed by atoms with E-state index >= 15 is 0 Å². The molecule has 2 aromatic heterocycles. The van der Waals surface area contributed by atoms with Gasteiger partial charge in [-0.05, 0) is 18.5 Å². The summed E-state index contributed by atoms with van der Waals surface area (Å²) in [6, 6.07) is 0. The van der Waals surface area contributed by atoms with Gasteiger partial charge in [-0.3, -0.25) is 0 Å². The molecule has 0 saturated heterocycles. The molecule has 2 aromatic rings. The molecule has 0 aromatic carbocycles. The number of aryl methyl sites for hydroxylation is 1. The van der Waals surface area contributed by atoms with Crippen molar-refractivity contribution in [2.45, 2.75) is 6.92 Å². The van der Waals surface area contributed by atoms with Gasteiger partial charge in [-0.2, -0.15) is 0 Å². The number of nitrogens with two attached hydrogens (primary N) is 1. The van der Waals surface area contributed by atoms with Gasteiger partial charge in [0.1, 0.15) is 17.4 Å². The van der Waals surface area contributed by atoms with E-state index in [0.29, 0.717) is 22.5 Å². The average Bonchev–Trinajstić information content (AvgIpc) is 2.07. The lowest BCUT2D eigenvalue weighted by Gasteiger charge is -2.01. The van der Waals surface area contributed by atoms with Crippen LogP contribution in [0, 0.1) is 6.92 Å². The van der Waals surface area contributed by atoms with Crippen LogP contribution in [0.4, 0.5) is 5.82 Å². The monoisotopic (exact) mass is 195 g/mol. The highest BCUT2D eigenvalue weighted by molar-refractivity contribution is 6.28. The normalized spacial score (nSPS) is 10.6. The summed E-state index contributed by atoms with van der Waals surface area (Å²) in [5.74, 6) is 0.317. The zero-order valence-corrected chi connectivity index (χ0v) is 7.58. The molecule has 2 N–H and O–H groups in total. The Kier molecular flexibility index (Phi) is 1.73. The largest absolute Gasteiger partial charge is 0.382 e. The van der Waals surface area contributed by atoms with Crippen LogP contribution in [0.5, 0.6) is 0 Å². The number of rotatable bonds is 0. The number of nitrogens with zero attached hydrogens (tertiary/aromatic N) is 4. The predicted octanol–water partition coefficient (Wildman–Crippen LogP) is 0.964. The third kappa shape index (κ3) is 1.27. The SMILES string of the molecule is Cc1nc(Cl)nc2c(N)ncnc12. The number of anilines is 1. The summed E-state index contributed by atoms with van der Waals surface area (Å²) in [4.78, 5) is 15.7. The summed E-state index contributed by atoms with van der Waals surface area (Å²) < 4.78 is 0. The van der Waals surface area contributed by atoms with Crippen LogP contribution in [0.1, 0.15) is 5.69 Å². The van der Waals surface area contributed by atoms with Gasteiger partial charge in [-0.1, -0.05) is 0 Å². The Balaban J connectivity index is 2.94. The molecular weight excluding hydrogens is 190 g/mol. The Morgan fingerprint density at radius 3 is 2.77 bits per heavy atom. The topological polar surface area (TPSA) is 77.6 Å². The summed E-state index contributed by atoms with van der Waals surface area (Å²) in [5, 5.41) is 0.159. The molecule has 0 fully saturated rings. The Hall–Kier alpha value is -1.49. The molecule has 0 atom stereocenters. The molecule has 2 heterocycles. The highest BCUT2D eigenvalue weighted by Gasteiger charge is 2.06. The van der Waals surface area contributed by atoms with Crippen molar-refractivity contribution >= 4 is 28.5 Å². The minimum atomic E-state index is 0.159. The van der Waals surface area contributed by atoms with Crippen LogP contribution >= 0.6 is 11.6 Å². The maximum atomic E-state index is 5.66. The molecule has 66 valence electrons. The van der Waals surface area contributed by atoms with E-state index < -0.39 is 0 Å². The van der Waals surface area contributed by atoms with Crippen molar-refractivity contribution in [2.75, 3.05) is 5.73 Å². The van der Waals surface area contributed by atoms with Crippen LogP contribution in [0.25, 0.3) is 11.0 Å². The van der Waals surface area contributed by atoms with Crippen LogP contribution in [-0.2, 0) is 0 Å². The van der Waals surface area contributed by atoms with Gasteiger partial charge in [-0.15, -0.1) is 0 Å². The average molecular weight is 196 g/mol. The van der Waals surface area contributed by atoms with E-state index in [0.717, 1.165) is 0 Å². The lowest BCUT2D eigenvalue weighted by molar-refractivity contribution is 1.10. The molecule has 0 aliphatic carbocycles. The molecule has 0 spiro atoms. The Bertz CT molecular complexity index is 470. The van der Waals surface area contributed by atoms with Crippen molar-refractivity contribution in [3.05, 3.63) is 17.3 Å². The number of hydrogen-bond acceptors (Lipinski definition) is 5. The summed E-state index contributed by atoms with van der Waals surface area (Å²) in [5.41, 5.74) is 7.43. The quantitative estimate of drug-likeness (QED) is 0.634. The van der Waals surface area contributed by atoms with Gasteiger partial charge in [-0.25, -0.2) is 19.9 Å². The van der Waals surface area contributed by atoms with Gasteiger partial charge >= 0.3 is 0 Å². The number of nitrogen functional groups attached to an aromatic ring is 1. The fourth-order valence-electron chi connectivity index (χ4n) is 1.08. The number of hydrogen-bond donors (Lipinski definition) is 1. The van der Waals surface area contributed by atoms with Gasteiger partial charge in [0.05, 0.1) is 5.69 Å². The molecule has 0 saturated carbocycles. The molecule has 0 radical (unpaired) electrons. The van der Waals surface area contributed by atoms with E-state index in [4.69, 9.17) is 17.3 Å². The Morgan fingerprint density at radius 2 is 2.00 bits per heavy atom. The van der Waals surface area contributed by atoms with Gasteiger partial charge in [0, 0.05) is 0 Å². The minimum Gasteiger partial charge on any atom is -0.382 e. The molecule has 0 amide bonds. The van der Waals surface area contributed by atoms with E-state index in [9.17, 15) is 0 Å². The molecule has 2 rings (SSSR count). The van der Waals surface area contributed by atoms with E-state index in [-0.39, 0.29) is 5.28 Å². The zero-order chi connectivity index (χ0) is 9.42. The molecule has 0 aliphatic heterocycles. The molecule has 13 heavy (non-hydrogen) atoms. The summed E-state index contributed by atoms with van der Waals surface area (Å²) >= 11 is 5.66. The van der Waals surface area contributed by atoms with E-state index in [1.165, 1.54) is 6.33 Å². The lowest BCUT2D eigenvalue weighted by Crippen LogP contribution is -1.99. The maximum absolute atomic E-state index is 5.66. The zero-order valence-electron chi connectivity index (χ0n) is 6.82. The third-order valence-electron chi connectivity index (χ3n) is 1.66. The number of halogens is 1. The van der Waals surface area contributed by atoms with E-state index in [1.807, 2.05) is 0 Å². The van der Waals surface area contributed by atoms with Crippen LogP contribution in [-0.4, -0.2) is 19.9 Å². The standard InChI is InChI=1S/C7H6ClN5/c1-3-4-5(13-7(8)12-3)6(9)11-2-10-4/h2H,1H3,(H2,9,10,11). The fraction of sp³-hybridized carbons (Fsp3) is 0.143. The predicted molar refractivity (Wildman–Crippen MR) is 49.3 cm³/mol.